The van der Waals surface area contributed by atoms with E-state index in [1.807, 2.05) is 6.08 Å². The number of carbonyl (C=O) groups excluding carboxylic acids is 2. The Morgan fingerprint density at radius 2 is 0.794 bits per heavy atom. The number of aliphatic hydroxyl groups excluding tert-OH is 2. The summed E-state index contributed by atoms with van der Waals surface area (Å²) in [5.41, 5.74) is 0. The highest BCUT2D eigenvalue weighted by Crippen LogP contribution is 2.15. The molecule has 0 rings (SSSR count). The summed E-state index contributed by atoms with van der Waals surface area (Å²) in [4.78, 5) is 24.5. The van der Waals surface area contributed by atoms with Gasteiger partial charge in [-0.05, 0) is 89.9 Å². The highest BCUT2D eigenvalue weighted by molar-refractivity contribution is 5.76. The van der Waals surface area contributed by atoms with Crippen molar-refractivity contribution in [1.29, 1.82) is 0 Å². The molecular weight excluding hydrogens is 779 g/mol. The van der Waals surface area contributed by atoms with Crippen LogP contribution in [0.3, 0.4) is 0 Å². The zero-order chi connectivity index (χ0) is 45.8. The van der Waals surface area contributed by atoms with Crippen LogP contribution < -0.4 is 5.32 Å². The molecule has 0 bridgehead atoms. The number of amides is 1. The molecule has 0 fully saturated rings. The maximum atomic E-state index is 12.4. The predicted molar refractivity (Wildman–Crippen MR) is 273 cm³/mol. The van der Waals surface area contributed by atoms with Crippen molar-refractivity contribution in [1.82, 2.24) is 5.32 Å². The monoisotopic (exact) mass is 884 g/mol. The fraction of sp³-hybridized carbons (Fsp3) is 0.825. The van der Waals surface area contributed by atoms with E-state index in [0.717, 1.165) is 77.0 Å². The Morgan fingerprint density at radius 3 is 1.22 bits per heavy atom. The lowest BCUT2D eigenvalue weighted by molar-refractivity contribution is -0.143. The Bertz CT molecular complexity index is 1070. The molecule has 0 heterocycles. The van der Waals surface area contributed by atoms with Crippen LogP contribution in [0.4, 0.5) is 0 Å². The first-order valence-electron chi connectivity index (χ1n) is 27.4. The minimum atomic E-state index is -0.858. The number of esters is 1. The van der Waals surface area contributed by atoms with Gasteiger partial charge >= 0.3 is 5.97 Å². The van der Waals surface area contributed by atoms with Crippen molar-refractivity contribution in [2.24, 2.45) is 0 Å². The highest BCUT2D eigenvalue weighted by Gasteiger charge is 2.18. The topological polar surface area (TPSA) is 95.9 Å². The second kappa shape index (κ2) is 52.4. The van der Waals surface area contributed by atoms with E-state index in [4.69, 9.17) is 4.74 Å². The molecule has 2 atom stereocenters. The average Bonchev–Trinajstić information content (AvgIpc) is 3.28. The largest absolute Gasteiger partial charge is 0.466 e. The first kappa shape index (κ1) is 60.8. The molecule has 0 aliphatic carbocycles. The summed E-state index contributed by atoms with van der Waals surface area (Å²) in [6, 6.07) is -0.644. The molecule has 6 nitrogen and oxygen atoms in total. The summed E-state index contributed by atoms with van der Waals surface area (Å²) < 4.78 is 5.46. The molecule has 6 heteroatoms. The molecular formula is C57H105NO5. The summed E-state index contributed by atoms with van der Waals surface area (Å²) in [6.45, 7) is 4.83. The van der Waals surface area contributed by atoms with E-state index in [-0.39, 0.29) is 18.5 Å². The van der Waals surface area contributed by atoms with Gasteiger partial charge in [0.25, 0.3) is 0 Å². The summed E-state index contributed by atoms with van der Waals surface area (Å²) in [5, 5.41) is 23.0. The van der Waals surface area contributed by atoms with Gasteiger partial charge in [0.05, 0.1) is 25.4 Å². The second-order valence-electron chi connectivity index (χ2n) is 18.6. The van der Waals surface area contributed by atoms with Gasteiger partial charge in [0, 0.05) is 12.8 Å². The van der Waals surface area contributed by atoms with Gasteiger partial charge in [0.15, 0.2) is 0 Å². The van der Waals surface area contributed by atoms with E-state index >= 15 is 0 Å². The van der Waals surface area contributed by atoms with Gasteiger partial charge in [-0.15, -0.1) is 0 Å². The minimum Gasteiger partial charge on any atom is -0.466 e. The number of rotatable bonds is 50. The average molecular weight is 884 g/mol. The molecule has 3 N–H and O–H groups in total. The van der Waals surface area contributed by atoms with Crippen LogP contribution in [-0.2, 0) is 14.3 Å². The summed E-state index contributed by atoms with van der Waals surface area (Å²) in [5.74, 6) is -0.116. The Hall–Kier alpha value is -2.18. The van der Waals surface area contributed by atoms with Crippen molar-refractivity contribution in [2.45, 2.75) is 289 Å². The Labute approximate surface area is 391 Å². The van der Waals surface area contributed by atoms with Gasteiger partial charge in [-0.2, -0.15) is 0 Å². The third-order valence-corrected chi connectivity index (χ3v) is 12.3. The molecule has 2 unspecified atom stereocenters. The number of hydrogen-bond acceptors (Lipinski definition) is 5. The zero-order valence-corrected chi connectivity index (χ0v) is 41.8. The van der Waals surface area contributed by atoms with Gasteiger partial charge in [0.1, 0.15) is 0 Å². The molecule has 0 radical (unpaired) electrons. The number of unbranched alkanes of at least 4 members (excludes halogenated alkanes) is 34. The van der Waals surface area contributed by atoms with Crippen LogP contribution in [0, 0.1) is 0 Å². The lowest BCUT2D eigenvalue weighted by Gasteiger charge is -2.20. The summed E-state index contributed by atoms with van der Waals surface area (Å²) >= 11 is 0. The van der Waals surface area contributed by atoms with Crippen molar-refractivity contribution in [3.63, 3.8) is 0 Å². The second-order valence-corrected chi connectivity index (χ2v) is 18.6. The van der Waals surface area contributed by atoms with Crippen molar-refractivity contribution < 1.29 is 24.5 Å². The number of aliphatic hydroxyl groups is 2. The third kappa shape index (κ3) is 49.1. The van der Waals surface area contributed by atoms with Gasteiger partial charge in [-0.25, -0.2) is 0 Å². The smallest absolute Gasteiger partial charge is 0.305 e. The van der Waals surface area contributed by atoms with Crippen molar-refractivity contribution in [3.05, 3.63) is 48.6 Å². The van der Waals surface area contributed by atoms with Gasteiger partial charge in [-0.3, -0.25) is 9.59 Å². The quantitative estimate of drug-likeness (QED) is 0.0245. The van der Waals surface area contributed by atoms with E-state index in [2.05, 4.69) is 55.6 Å². The third-order valence-electron chi connectivity index (χ3n) is 12.3. The van der Waals surface area contributed by atoms with Crippen LogP contribution in [0.1, 0.15) is 277 Å². The van der Waals surface area contributed by atoms with Crippen LogP contribution in [0.5, 0.6) is 0 Å². The Balaban J connectivity index is 3.52. The number of ether oxygens (including phenoxy) is 1. The van der Waals surface area contributed by atoms with Gasteiger partial charge in [0.2, 0.25) is 5.91 Å². The van der Waals surface area contributed by atoms with E-state index < -0.39 is 12.1 Å². The predicted octanol–water partition coefficient (Wildman–Crippen LogP) is 16.6. The molecule has 0 saturated carbocycles. The number of carbonyl (C=O) groups is 2. The number of hydrogen-bond donors (Lipinski definition) is 3. The number of nitrogens with one attached hydrogen (secondary N) is 1. The lowest BCUT2D eigenvalue weighted by Crippen LogP contribution is -2.45. The fourth-order valence-corrected chi connectivity index (χ4v) is 8.09. The molecule has 0 aromatic carbocycles. The van der Waals surface area contributed by atoms with Crippen molar-refractivity contribution in [3.8, 4) is 0 Å². The summed E-state index contributed by atoms with van der Waals surface area (Å²) in [6.07, 6.45) is 65.5. The SMILES string of the molecule is CCCCCCCC/C=C\CCCCCCCCCCCC(=O)OCCCCC/C=C\C=C/CCCCCCCCC(=O)NC(CO)C(O)/C=C/CCCCCCCCCCCC. The summed E-state index contributed by atoms with van der Waals surface area (Å²) in [7, 11) is 0. The van der Waals surface area contributed by atoms with Crippen LogP contribution in [0.2, 0.25) is 0 Å². The number of allylic oxidation sites excluding steroid dienone is 7. The maximum Gasteiger partial charge on any atom is 0.305 e. The lowest BCUT2D eigenvalue weighted by atomic mass is 10.1. The van der Waals surface area contributed by atoms with Crippen molar-refractivity contribution in [2.75, 3.05) is 13.2 Å². The Morgan fingerprint density at radius 1 is 0.444 bits per heavy atom. The first-order valence-corrected chi connectivity index (χ1v) is 27.4. The molecule has 0 aromatic rings. The fourth-order valence-electron chi connectivity index (χ4n) is 8.09. The molecule has 1 amide bonds. The molecule has 63 heavy (non-hydrogen) atoms. The Kier molecular flexibility index (Phi) is 50.6. The molecule has 368 valence electrons. The van der Waals surface area contributed by atoms with Crippen LogP contribution in [0.15, 0.2) is 48.6 Å². The van der Waals surface area contributed by atoms with Gasteiger partial charge < -0.3 is 20.3 Å². The molecule has 0 aliphatic rings. The minimum absolute atomic E-state index is 0.0241. The molecule has 0 aromatic heterocycles. The van der Waals surface area contributed by atoms with Crippen LogP contribution >= 0.6 is 0 Å². The van der Waals surface area contributed by atoms with Gasteiger partial charge in [-0.1, -0.05) is 223 Å². The van der Waals surface area contributed by atoms with E-state index in [9.17, 15) is 19.8 Å². The zero-order valence-electron chi connectivity index (χ0n) is 41.8. The molecule has 0 saturated heterocycles. The molecule has 0 spiro atoms. The normalized spacial score (nSPS) is 13.0. The maximum absolute atomic E-state index is 12.4. The van der Waals surface area contributed by atoms with Crippen LogP contribution in [-0.4, -0.2) is 47.4 Å². The van der Waals surface area contributed by atoms with E-state index in [0.29, 0.717) is 19.4 Å². The molecule has 0 aliphatic heterocycles. The van der Waals surface area contributed by atoms with E-state index in [1.165, 1.54) is 173 Å². The first-order chi connectivity index (χ1) is 31.0. The highest BCUT2D eigenvalue weighted by atomic mass is 16.5. The van der Waals surface area contributed by atoms with E-state index in [1.54, 1.807) is 6.08 Å². The standard InChI is InChI=1S/C57H105NO5/c1-3-5-7-9-11-13-15-17-18-19-20-21-24-27-31-35-39-43-47-51-57(62)63-52-48-44-40-36-32-28-25-22-23-26-30-34-38-42-46-50-56(61)58-54(53-59)55(60)49-45-41-37-33-29-16-14-12-10-8-6-4-2/h17-18,22,25,28,32,45,49,54-55,59-60H,3-16,19-21,23-24,26-27,29-31,33-44,46-48,50-53H2,1-2H3,(H,58,61)/b18-17-,25-22-,32-28-,49-45+. The van der Waals surface area contributed by atoms with Crippen LogP contribution in [0.25, 0.3) is 0 Å². The van der Waals surface area contributed by atoms with Crippen molar-refractivity contribution >= 4 is 11.9 Å².